The highest BCUT2D eigenvalue weighted by Gasteiger charge is 2.37. The summed E-state index contributed by atoms with van der Waals surface area (Å²) in [6.45, 7) is 0. The van der Waals surface area contributed by atoms with Gasteiger partial charge in [-0.15, -0.1) is 11.3 Å². The minimum atomic E-state index is -4.67. The molecular formula is C5H4F3NO2S2. The number of rotatable bonds is 1. The van der Waals surface area contributed by atoms with Crippen molar-refractivity contribution in [2.45, 2.75) is 11.1 Å². The van der Waals surface area contributed by atoms with Crippen LogP contribution in [-0.4, -0.2) is 8.42 Å². The molecule has 0 aliphatic heterocycles. The molecule has 0 saturated heterocycles. The molecular weight excluding hydrogens is 227 g/mol. The third kappa shape index (κ3) is 2.20. The monoisotopic (exact) mass is 231 g/mol. The molecule has 0 bridgehead atoms. The maximum absolute atomic E-state index is 12.1. The standard InChI is InChI=1S/C5H4F3NO2S2/c6-5(7,8)4-3(1-2-12-4)13(9,10)11/h1-2H,(H2,9,10,11). The summed E-state index contributed by atoms with van der Waals surface area (Å²) >= 11 is 0.299. The van der Waals surface area contributed by atoms with E-state index in [4.69, 9.17) is 0 Å². The minimum Gasteiger partial charge on any atom is -0.225 e. The Balaban J connectivity index is 3.35. The van der Waals surface area contributed by atoms with Crippen LogP contribution in [0.4, 0.5) is 13.2 Å². The smallest absolute Gasteiger partial charge is 0.225 e. The van der Waals surface area contributed by atoms with E-state index in [1.807, 2.05) is 0 Å². The van der Waals surface area contributed by atoms with Crippen LogP contribution < -0.4 is 5.14 Å². The van der Waals surface area contributed by atoms with Gasteiger partial charge in [-0.05, 0) is 11.4 Å². The Labute approximate surface area is 76.0 Å². The predicted molar refractivity (Wildman–Crippen MR) is 40.7 cm³/mol. The van der Waals surface area contributed by atoms with Crippen LogP contribution in [0.5, 0.6) is 0 Å². The van der Waals surface area contributed by atoms with Gasteiger partial charge in [-0.25, -0.2) is 13.6 Å². The summed E-state index contributed by atoms with van der Waals surface area (Å²) in [5, 5.41) is 5.61. The molecule has 13 heavy (non-hydrogen) atoms. The summed E-state index contributed by atoms with van der Waals surface area (Å²) in [6.07, 6.45) is -4.67. The van der Waals surface area contributed by atoms with E-state index in [1.165, 1.54) is 0 Å². The maximum atomic E-state index is 12.1. The van der Waals surface area contributed by atoms with Crippen molar-refractivity contribution < 1.29 is 21.6 Å². The average molecular weight is 231 g/mol. The summed E-state index contributed by atoms with van der Waals surface area (Å²) in [6, 6.07) is 0.836. The normalized spacial score (nSPS) is 13.2. The number of halogens is 3. The van der Waals surface area contributed by atoms with Crippen LogP contribution in [0.25, 0.3) is 0 Å². The largest absolute Gasteiger partial charge is 0.426 e. The fraction of sp³-hybridized carbons (Fsp3) is 0.200. The molecule has 3 nitrogen and oxygen atoms in total. The van der Waals surface area contributed by atoms with Crippen LogP contribution in [0.15, 0.2) is 16.3 Å². The van der Waals surface area contributed by atoms with E-state index >= 15 is 0 Å². The molecule has 8 heteroatoms. The fourth-order valence-corrected chi connectivity index (χ4v) is 2.60. The van der Waals surface area contributed by atoms with Crippen LogP contribution in [0.3, 0.4) is 0 Å². The molecule has 0 fully saturated rings. The first-order valence-corrected chi connectivity index (χ1v) is 5.33. The van der Waals surface area contributed by atoms with Gasteiger partial charge in [-0.1, -0.05) is 0 Å². The molecule has 0 aliphatic rings. The van der Waals surface area contributed by atoms with Crippen LogP contribution >= 0.6 is 11.3 Å². The zero-order valence-corrected chi connectivity index (χ0v) is 7.63. The molecule has 2 N–H and O–H groups in total. The Morgan fingerprint density at radius 2 is 1.92 bits per heavy atom. The molecule has 1 aromatic heterocycles. The Bertz CT molecular complexity index is 406. The van der Waals surface area contributed by atoms with Crippen molar-refractivity contribution in [3.63, 3.8) is 0 Å². The van der Waals surface area contributed by atoms with Gasteiger partial charge in [0.2, 0.25) is 10.0 Å². The summed E-state index contributed by atoms with van der Waals surface area (Å²) in [4.78, 5) is -2.06. The van der Waals surface area contributed by atoms with Gasteiger partial charge >= 0.3 is 6.18 Å². The van der Waals surface area contributed by atoms with Crippen LogP contribution in [-0.2, 0) is 16.2 Å². The SMILES string of the molecule is NS(=O)(=O)c1ccsc1C(F)(F)F. The molecule has 0 aromatic carbocycles. The van der Waals surface area contributed by atoms with Crippen molar-refractivity contribution in [2.75, 3.05) is 0 Å². The van der Waals surface area contributed by atoms with E-state index in [0.29, 0.717) is 11.3 Å². The fourth-order valence-electron chi connectivity index (χ4n) is 0.728. The second-order valence-corrected chi connectivity index (χ2v) is 4.60. The Hall–Kier alpha value is -0.600. The molecule has 0 amide bonds. The van der Waals surface area contributed by atoms with Crippen molar-refractivity contribution >= 4 is 21.4 Å². The average Bonchev–Trinajstić information content (AvgIpc) is 2.27. The van der Waals surface area contributed by atoms with E-state index in [2.05, 4.69) is 5.14 Å². The summed E-state index contributed by atoms with van der Waals surface area (Å²) in [5.74, 6) is 0. The Kier molecular flexibility index (Phi) is 2.39. The van der Waals surface area contributed by atoms with Crippen molar-refractivity contribution in [2.24, 2.45) is 5.14 Å². The summed E-state index contributed by atoms with van der Waals surface area (Å²) in [7, 11) is -4.28. The summed E-state index contributed by atoms with van der Waals surface area (Å²) < 4.78 is 57.6. The summed E-state index contributed by atoms with van der Waals surface area (Å²) in [5.41, 5.74) is 0. The molecule has 1 rings (SSSR count). The van der Waals surface area contributed by atoms with E-state index in [9.17, 15) is 21.6 Å². The van der Waals surface area contributed by atoms with Gasteiger partial charge in [0, 0.05) is 0 Å². The number of alkyl halides is 3. The topological polar surface area (TPSA) is 60.2 Å². The highest BCUT2D eigenvalue weighted by atomic mass is 32.2. The van der Waals surface area contributed by atoms with Gasteiger partial charge in [-0.2, -0.15) is 13.2 Å². The quantitative estimate of drug-likeness (QED) is 0.794. The molecule has 74 valence electrons. The van der Waals surface area contributed by atoms with E-state index in [1.54, 1.807) is 0 Å². The molecule has 0 radical (unpaired) electrons. The molecule has 0 aliphatic carbocycles. The first kappa shape index (κ1) is 10.5. The molecule has 1 heterocycles. The molecule has 0 atom stereocenters. The predicted octanol–water partition coefficient (Wildman–Crippen LogP) is 1.41. The van der Waals surface area contributed by atoms with Gasteiger partial charge in [0.1, 0.15) is 9.77 Å². The van der Waals surface area contributed by atoms with Crippen molar-refractivity contribution in [3.05, 3.63) is 16.3 Å². The second-order valence-electron chi connectivity index (χ2n) is 2.16. The van der Waals surface area contributed by atoms with E-state index in [-0.39, 0.29) is 0 Å². The number of hydrogen-bond acceptors (Lipinski definition) is 3. The number of nitrogens with two attached hydrogens (primary N) is 1. The number of primary sulfonamides is 1. The van der Waals surface area contributed by atoms with Gasteiger partial charge in [0.05, 0.1) is 0 Å². The lowest BCUT2D eigenvalue weighted by Gasteiger charge is -2.04. The molecule has 1 aromatic rings. The minimum absolute atomic E-state index is 0.299. The highest BCUT2D eigenvalue weighted by Crippen LogP contribution is 2.37. The Morgan fingerprint density at radius 3 is 2.23 bits per heavy atom. The van der Waals surface area contributed by atoms with Gasteiger partial charge < -0.3 is 0 Å². The van der Waals surface area contributed by atoms with Crippen molar-refractivity contribution in [1.29, 1.82) is 0 Å². The first-order chi connectivity index (χ1) is 5.73. The second kappa shape index (κ2) is 2.96. The van der Waals surface area contributed by atoms with Gasteiger partial charge in [-0.3, -0.25) is 0 Å². The maximum Gasteiger partial charge on any atom is 0.426 e. The van der Waals surface area contributed by atoms with Gasteiger partial charge in [0.15, 0.2) is 0 Å². The third-order valence-corrected chi connectivity index (χ3v) is 3.23. The van der Waals surface area contributed by atoms with E-state index < -0.39 is 26.0 Å². The zero-order chi connectivity index (χ0) is 10.3. The van der Waals surface area contributed by atoms with E-state index in [0.717, 1.165) is 11.4 Å². The van der Waals surface area contributed by atoms with Crippen molar-refractivity contribution in [1.82, 2.24) is 0 Å². The Morgan fingerprint density at radius 1 is 1.38 bits per heavy atom. The lowest BCUT2D eigenvalue weighted by Crippen LogP contribution is -2.16. The lowest BCUT2D eigenvalue weighted by atomic mass is 10.5. The number of thiophene rings is 1. The van der Waals surface area contributed by atoms with Gasteiger partial charge in [0.25, 0.3) is 0 Å². The molecule has 0 spiro atoms. The molecule has 0 saturated carbocycles. The van der Waals surface area contributed by atoms with Crippen molar-refractivity contribution in [3.8, 4) is 0 Å². The number of hydrogen-bond donors (Lipinski definition) is 1. The first-order valence-electron chi connectivity index (χ1n) is 2.90. The molecule has 0 unspecified atom stereocenters. The third-order valence-electron chi connectivity index (χ3n) is 1.19. The number of sulfonamides is 1. The highest BCUT2D eigenvalue weighted by molar-refractivity contribution is 7.89. The van der Waals surface area contributed by atoms with Crippen LogP contribution in [0.2, 0.25) is 0 Å². The van der Waals surface area contributed by atoms with Crippen LogP contribution in [0, 0.1) is 0 Å². The lowest BCUT2D eigenvalue weighted by molar-refractivity contribution is -0.136. The van der Waals surface area contributed by atoms with Crippen LogP contribution in [0.1, 0.15) is 4.88 Å². The zero-order valence-electron chi connectivity index (χ0n) is 6.00.